The Balaban J connectivity index is 2.85. The molecule has 6 heteroatoms. The van der Waals surface area contributed by atoms with Crippen molar-refractivity contribution in [2.45, 2.75) is 50.6 Å². The van der Waals surface area contributed by atoms with Gasteiger partial charge in [-0.3, -0.25) is 4.98 Å². The molecule has 0 spiro atoms. The molecule has 0 aromatic carbocycles. The van der Waals surface area contributed by atoms with Gasteiger partial charge in [-0.05, 0) is 18.6 Å². The van der Waals surface area contributed by atoms with Gasteiger partial charge in [0.05, 0.1) is 0 Å². The van der Waals surface area contributed by atoms with Crippen LogP contribution in [0.15, 0.2) is 24.4 Å². The van der Waals surface area contributed by atoms with Gasteiger partial charge in [-0.25, -0.2) is 4.39 Å². The van der Waals surface area contributed by atoms with E-state index in [2.05, 4.69) is 4.98 Å². The Morgan fingerprint density at radius 2 is 1.84 bits per heavy atom. The van der Waals surface area contributed by atoms with Gasteiger partial charge in [0.1, 0.15) is 5.69 Å². The van der Waals surface area contributed by atoms with Gasteiger partial charge in [0.25, 0.3) is 0 Å². The summed E-state index contributed by atoms with van der Waals surface area (Å²) in [5.41, 5.74) is -1.11. The van der Waals surface area contributed by atoms with Gasteiger partial charge in [-0.2, -0.15) is 17.6 Å². The molecule has 0 aliphatic rings. The van der Waals surface area contributed by atoms with E-state index in [1.54, 1.807) is 0 Å². The van der Waals surface area contributed by atoms with Gasteiger partial charge in [0.2, 0.25) is 0 Å². The highest BCUT2D eigenvalue weighted by Gasteiger charge is 2.63. The van der Waals surface area contributed by atoms with E-state index in [0.29, 0.717) is 12.8 Å². The molecule has 0 aliphatic heterocycles. The van der Waals surface area contributed by atoms with E-state index in [4.69, 9.17) is 0 Å². The maximum atomic E-state index is 13.6. The Morgan fingerprint density at radius 3 is 2.37 bits per heavy atom. The molecule has 108 valence electrons. The molecular weight excluding hydrogens is 265 g/mol. The van der Waals surface area contributed by atoms with Crippen LogP contribution in [0.5, 0.6) is 0 Å². The zero-order valence-electron chi connectivity index (χ0n) is 10.6. The van der Waals surface area contributed by atoms with Crippen molar-refractivity contribution in [3.63, 3.8) is 0 Å². The van der Waals surface area contributed by atoms with Crippen LogP contribution in [0.2, 0.25) is 0 Å². The summed E-state index contributed by atoms with van der Waals surface area (Å²) in [4.78, 5) is 3.20. The Labute approximate surface area is 108 Å². The molecular formula is C13H16F5N. The van der Waals surface area contributed by atoms with Crippen molar-refractivity contribution >= 4 is 0 Å². The van der Waals surface area contributed by atoms with E-state index in [-0.39, 0.29) is 6.42 Å². The highest BCUT2D eigenvalue weighted by Crippen LogP contribution is 2.46. The number of unbranched alkanes of at least 4 members (excludes halogenated alkanes) is 2. The van der Waals surface area contributed by atoms with Crippen LogP contribution in [0.4, 0.5) is 22.0 Å². The van der Waals surface area contributed by atoms with Gasteiger partial charge in [-0.15, -0.1) is 0 Å². The Kier molecular flexibility index (Phi) is 5.26. The quantitative estimate of drug-likeness (QED) is 0.520. The van der Waals surface area contributed by atoms with E-state index in [0.717, 1.165) is 18.3 Å². The predicted molar refractivity (Wildman–Crippen MR) is 62.1 cm³/mol. The number of hydrogen-bond donors (Lipinski definition) is 0. The summed E-state index contributed by atoms with van der Waals surface area (Å²) in [6, 6.07) is 3.26. The Morgan fingerprint density at radius 1 is 1.16 bits per heavy atom. The number of nitrogens with zero attached hydrogens (tertiary/aromatic N) is 1. The molecule has 0 radical (unpaired) electrons. The van der Waals surface area contributed by atoms with Crippen LogP contribution in [0.3, 0.4) is 0 Å². The second-order valence-electron chi connectivity index (χ2n) is 4.38. The summed E-state index contributed by atoms with van der Waals surface area (Å²) in [5.74, 6) is -9.37. The van der Waals surface area contributed by atoms with Crippen LogP contribution in [-0.4, -0.2) is 17.1 Å². The molecule has 0 saturated heterocycles. The van der Waals surface area contributed by atoms with Crippen LogP contribution in [-0.2, 0) is 5.92 Å². The summed E-state index contributed by atoms with van der Waals surface area (Å²) in [7, 11) is 0. The largest absolute Gasteiger partial charge is 0.354 e. The number of aromatic nitrogens is 1. The highest BCUT2D eigenvalue weighted by atomic mass is 19.3. The number of pyridine rings is 1. The molecule has 1 aromatic rings. The van der Waals surface area contributed by atoms with Crippen molar-refractivity contribution in [2.24, 2.45) is 0 Å². The molecule has 0 bridgehead atoms. The normalized spacial score (nSPS) is 14.4. The fraction of sp³-hybridized carbons (Fsp3) is 0.615. The Bertz CT molecular complexity index is 380. The lowest BCUT2D eigenvalue weighted by molar-refractivity contribution is -0.248. The molecule has 19 heavy (non-hydrogen) atoms. The third-order valence-electron chi connectivity index (χ3n) is 2.86. The first-order valence-corrected chi connectivity index (χ1v) is 6.15. The molecule has 1 heterocycles. The number of hydrogen-bond acceptors (Lipinski definition) is 1. The summed E-state index contributed by atoms with van der Waals surface area (Å²) in [6.07, 6.45) is -1.09. The molecule has 1 unspecified atom stereocenters. The van der Waals surface area contributed by atoms with Crippen LogP contribution < -0.4 is 0 Å². The SMILES string of the molecule is CCCCCC(F)C(F)(F)C(F)(F)c1ccccn1. The lowest BCUT2D eigenvalue weighted by Gasteiger charge is -2.28. The molecule has 0 aliphatic carbocycles. The third-order valence-corrected chi connectivity index (χ3v) is 2.86. The van der Waals surface area contributed by atoms with E-state index in [1.807, 2.05) is 6.92 Å². The lowest BCUT2D eigenvalue weighted by atomic mass is 9.99. The van der Waals surface area contributed by atoms with Gasteiger partial charge >= 0.3 is 11.8 Å². The second-order valence-corrected chi connectivity index (χ2v) is 4.38. The van der Waals surface area contributed by atoms with Crippen LogP contribution in [0.25, 0.3) is 0 Å². The predicted octanol–water partition coefficient (Wildman–Crippen LogP) is 4.73. The number of rotatable bonds is 7. The minimum atomic E-state index is -4.75. The molecule has 1 aromatic heterocycles. The second kappa shape index (κ2) is 6.30. The fourth-order valence-corrected chi connectivity index (χ4v) is 1.67. The lowest BCUT2D eigenvalue weighted by Crippen LogP contribution is -2.46. The molecule has 0 saturated carbocycles. The summed E-state index contributed by atoms with van der Waals surface area (Å²) in [6.45, 7) is 1.81. The zero-order chi connectivity index (χ0) is 14.5. The molecule has 0 fully saturated rings. The van der Waals surface area contributed by atoms with Crippen LogP contribution >= 0.6 is 0 Å². The molecule has 1 atom stereocenters. The van der Waals surface area contributed by atoms with Crippen molar-refractivity contribution in [3.8, 4) is 0 Å². The van der Waals surface area contributed by atoms with Crippen molar-refractivity contribution in [3.05, 3.63) is 30.1 Å². The van der Waals surface area contributed by atoms with Gasteiger partial charge < -0.3 is 0 Å². The van der Waals surface area contributed by atoms with E-state index in [1.165, 1.54) is 6.07 Å². The molecule has 1 nitrogen and oxygen atoms in total. The summed E-state index contributed by atoms with van der Waals surface area (Å²) < 4.78 is 67.8. The number of alkyl halides is 5. The van der Waals surface area contributed by atoms with Crippen LogP contribution in [0, 0.1) is 0 Å². The average molecular weight is 281 g/mol. The van der Waals surface area contributed by atoms with Crippen LogP contribution in [0.1, 0.15) is 38.3 Å². The molecule has 0 amide bonds. The first kappa shape index (κ1) is 15.9. The highest BCUT2D eigenvalue weighted by molar-refractivity contribution is 5.14. The molecule has 0 N–H and O–H groups in total. The monoisotopic (exact) mass is 281 g/mol. The van der Waals surface area contributed by atoms with E-state index < -0.39 is 30.1 Å². The minimum absolute atomic E-state index is 0.158. The summed E-state index contributed by atoms with van der Waals surface area (Å²) in [5, 5.41) is 0. The van der Waals surface area contributed by atoms with Crippen molar-refractivity contribution in [1.29, 1.82) is 0 Å². The molecule has 1 rings (SSSR count). The van der Waals surface area contributed by atoms with E-state index in [9.17, 15) is 22.0 Å². The van der Waals surface area contributed by atoms with Crippen molar-refractivity contribution in [1.82, 2.24) is 4.98 Å². The van der Waals surface area contributed by atoms with Gasteiger partial charge in [-0.1, -0.05) is 32.3 Å². The topological polar surface area (TPSA) is 12.9 Å². The maximum absolute atomic E-state index is 13.6. The fourth-order valence-electron chi connectivity index (χ4n) is 1.67. The van der Waals surface area contributed by atoms with E-state index >= 15 is 0 Å². The third kappa shape index (κ3) is 3.42. The first-order chi connectivity index (χ1) is 8.84. The Hall–Kier alpha value is -1.20. The zero-order valence-corrected chi connectivity index (χ0v) is 10.6. The standard InChI is InChI=1S/C13H16F5N/c1-2-3-4-7-10(14)12(15,16)13(17,18)11-8-5-6-9-19-11/h5-6,8-10H,2-4,7H2,1H3. The smallest absolute Gasteiger partial charge is 0.255 e. The minimum Gasteiger partial charge on any atom is -0.255 e. The number of halogens is 5. The maximum Gasteiger partial charge on any atom is 0.354 e. The average Bonchev–Trinajstić information content (AvgIpc) is 2.39. The van der Waals surface area contributed by atoms with Gasteiger partial charge in [0, 0.05) is 6.20 Å². The van der Waals surface area contributed by atoms with Crippen molar-refractivity contribution in [2.75, 3.05) is 0 Å². The first-order valence-electron chi connectivity index (χ1n) is 6.15. The summed E-state index contributed by atoms with van der Waals surface area (Å²) >= 11 is 0. The van der Waals surface area contributed by atoms with Crippen molar-refractivity contribution < 1.29 is 22.0 Å². The van der Waals surface area contributed by atoms with Gasteiger partial charge in [0.15, 0.2) is 6.17 Å².